The highest BCUT2D eigenvalue weighted by Crippen LogP contribution is 2.24. The molecule has 2 rings (SSSR count). The molecule has 8 heteroatoms. The average Bonchev–Trinajstić information content (AvgIpc) is 2.71. The lowest BCUT2D eigenvalue weighted by Crippen LogP contribution is -2.31. The molecule has 0 fully saturated rings. The number of carbonyl (C=O) groups is 1. The molecule has 1 aromatic carbocycles. The molecule has 1 heterocycles. The maximum atomic E-state index is 12.9. The van der Waals surface area contributed by atoms with Crippen LogP contribution in [0.1, 0.15) is 43.6 Å². The molecule has 0 saturated carbocycles. The van der Waals surface area contributed by atoms with Gasteiger partial charge in [0.05, 0.1) is 10.5 Å². The molecule has 0 unspecified atom stereocenters. The summed E-state index contributed by atoms with van der Waals surface area (Å²) < 4.78 is 27.2. The number of pyridine rings is 1. The number of hydrogen-bond donors (Lipinski definition) is 1. The van der Waals surface area contributed by atoms with Gasteiger partial charge in [0.15, 0.2) is 0 Å². The van der Waals surface area contributed by atoms with Crippen LogP contribution in [0.2, 0.25) is 0 Å². The fourth-order valence-corrected chi connectivity index (χ4v) is 4.83. The van der Waals surface area contributed by atoms with E-state index in [0.29, 0.717) is 29.9 Å². The van der Waals surface area contributed by atoms with E-state index in [1.54, 1.807) is 39.0 Å². The summed E-state index contributed by atoms with van der Waals surface area (Å²) in [5, 5.41) is 2.77. The summed E-state index contributed by atoms with van der Waals surface area (Å²) in [4.78, 5) is 19.3. The maximum Gasteiger partial charge on any atom is 0.257 e. The summed E-state index contributed by atoms with van der Waals surface area (Å²) >= 11 is 0. The van der Waals surface area contributed by atoms with E-state index in [2.05, 4.69) is 15.2 Å². The molecule has 1 amide bonds. The Balaban J connectivity index is 2.25. The molecule has 0 radical (unpaired) electrons. The monoisotopic (exact) mass is 418 g/mol. The van der Waals surface area contributed by atoms with Gasteiger partial charge in [0.1, 0.15) is 5.82 Å². The molecule has 158 valence electrons. The van der Waals surface area contributed by atoms with Crippen LogP contribution in [0.4, 0.5) is 11.5 Å². The third-order valence-corrected chi connectivity index (χ3v) is 7.06. The second-order valence-electron chi connectivity index (χ2n) is 6.60. The predicted octanol–water partition coefficient (Wildman–Crippen LogP) is 3.52. The lowest BCUT2D eigenvalue weighted by atomic mass is 10.2. The van der Waals surface area contributed by atoms with Gasteiger partial charge < -0.3 is 10.2 Å². The van der Waals surface area contributed by atoms with E-state index < -0.39 is 10.0 Å². The molecule has 0 aliphatic rings. The number of rotatable bonds is 9. The summed E-state index contributed by atoms with van der Waals surface area (Å²) in [6, 6.07) is 8.45. The first-order valence-electron chi connectivity index (χ1n) is 9.91. The molecule has 0 aliphatic carbocycles. The Morgan fingerprint density at radius 1 is 1.00 bits per heavy atom. The zero-order chi connectivity index (χ0) is 21.6. The highest BCUT2D eigenvalue weighted by molar-refractivity contribution is 7.89. The van der Waals surface area contributed by atoms with Gasteiger partial charge in [-0.05, 0) is 50.6 Å². The van der Waals surface area contributed by atoms with Crippen molar-refractivity contribution in [2.24, 2.45) is 0 Å². The van der Waals surface area contributed by atoms with Crippen molar-refractivity contribution in [2.75, 3.05) is 36.4 Å². The Kier molecular flexibility index (Phi) is 7.75. The van der Waals surface area contributed by atoms with E-state index in [4.69, 9.17) is 0 Å². The van der Waals surface area contributed by atoms with Crippen LogP contribution in [0, 0.1) is 6.92 Å². The first-order valence-corrected chi connectivity index (χ1v) is 11.4. The number of carbonyl (C=O) groups excluding carboxylic acids is 1. The number of benzene rings is 1. The number of aromatic nitrogens is 1. The highest BCUT2D eigenvalue weighted by atomic mass is 32.2. The molecule has 0 atom stereocenters. The van der Waals surface area contributed by atoms with E-state index in [0.717, 1.165) is 18.9 Å². The van der Waals surface area contributed by atoms with Crippen molar-refractivity contribution in [1.82, 2.24) is 9.29 Å². The molecule has 0 bridgehead atoms. The minimum Gasteiger partial charge on any atom is -0.357 e. The van der Waals surface area contributed by atoms with E-state index in [1.165, 1.54) is 16.6 Å². The molecule has 0 saturated heterocycles. The van der Waals surface area contributed by atoms with Gasteiger partial charge in [0.25, 0.3) is 5.91 Å². The predicted molar refractivity (Wildman–Crippen MR) is 117 cm³/mol. The van der Waals surface area contributed by atoms with Gasteiger partial charge in [-0.2, -0.15) is 4.31 Å². The van der Waals surface area contributed by atoms with Crippen LogP contribution < -0.4 is 10.2 Å². The number of nitrogens with zero attached hydrogens (tertiary/aromatic N) is 3. The Labute approximate surface area is 173 Å². The normalized spacial score (nSPS) is 11.5. The Hall–Kier alpha value is -2.45. The number of hydrogen-bond acceptors (Lipinski definition) is 5. The molecular formula is C21H30N4O3S. The van der Waals surface area contributed by atoms with Crippen LogP contribution in [0.5, 0.6) is 0 Å². The number of amides is 1. The first kappa shape index (κ1) is 22.8. The minimum absolute atomic E-state index is 0.203. The number of nitrogens with one attached hydrogen (secondary N) is 1. The maximum absolute atomic E-state index is 12.9. The summed E-state index contributed by atoms with van der Waals surface area (Å²) in [7, 11) is -3.61. The fourth-order valence-electron chi connectivity index (χ4n) is 3.12. The summed E-state index contributed by atoms with van der Waals surface area (Å²) in [6.45, 7) is 11.9. The second-order valence-corrected chi connectivity index (χ2v) is 8.51. The topological polar surface area (TPSA) is 82.6 Å². The van der Waals surface area contributed by atoms with E-state index in [1.807, 2.05) is 19.9 Å². The lowest BCUT2D eigenvalue weighted by Gasteiger charge is -2.20. The average molecular weight is 419 g/mol. The number of anilines is 2. The molecular weight excluding hydrogens is 388 g/mol. The van der Waals surface area contributed by atoms with Gasteiger partial charge in [0.2, 0.25) is 10.0 Å². The first-order chi connectivity index (χ1) is 13.8. The van der Waals surface area contributed by atoms with Crippen molar-refractivity contribution in [1.29, 1.82) is 0 Å². The number of sulfonamides is 1. The smallest absolute Gasteiger partial charge is 0.257 e. The zero-order valence-corrected chi connectivity index (χ0v) is 18.6. The van der Waals surface area contributed by atoms with Gasteiger partial charge >= 0.3 is 0 Å². The molecule has 7 nitrogen and oxygen atoms in total. The SMILES string of the molecule is CCN(CC)c1ccc(C(=O)Nc2ccc(C)c(S(=O)(=O)N(CC)CC)c2)cn1. The minimum atomic E-state index is -3.61. The van der Waals surface area contributed by atoms with Crippen LogP contribution in [-0.4, -0.2) is 49.8 Å². The van der Waals surface area contributed by atoms with Crippen LogP contribution >= 0.6 is 0 Å². The third kappa shape index (κ3) is 5.13. The van der Waals surface area contributed by atoms with Crippen molar-refractivity contribution in [3.63, 3.8) is 0 Å². The Morgan fingerprint density at radius 2 is 1.66 bits per heavy atom. The standard InChI is InChI=1S/C21H30N4O3S/c1-6-24(7-2)20-13-11-17(15-22-20)21(26)23-18-12-10-16(5)19(14-18)29(27,28)25(8-3)9-4/h10-15H,6-9H2,1-5H3,(H,23,26). The quantitative estimate of drug-likeness (QED) is 0.674. The summed E-state index contributed by atoms with van der Waals surface area (Å²) in [5.41, 5.74) is 1.48. The van der Waals surface area contributed by atoms with Crippen LogP contribution in [-0.2, 0) is 10.0 Å². The van der Waals surface area contributed by atoms with E-state index in [9.17, 15) is 13.2 Å². The van der Waals surface area contributed by atoms with Crippen molar-refractivity contribution >= 4 is 27.4 Å². The van der Waals surface area contributed by atoms with Crippen LogP contribution in [0.15, 0.2) is 41.4 Å². The van der Waals surface area contributed by atoms with Crippen LogP contribution in [0.3, 0.4) is 0 Å². The van der Waals surface area contributed by atoms with E-state index >= 15 is 0 Å². The largest absolute Gasteiger partial charge is 0.357 e. The van der Waals surface area contributed by atoms with Crippen molar-refractivity contribution in [3.05, 3.63) is 47.7 Å². The molecule has 0 spiro atoms. The van der Waals surface area contributed by atoms with Crippen molar-refractivity contribution < 1.29 is 13.2 Å². The van der Waals surface area contributed by atoms with Crippen molar-refractivity contribution in [2.45, 2.75) is 39.5 Å². The zero-order valence-electron chi connectivity index (χ0n) is 17.8. The second kappa shape index (κ2) is 9.84. The van der Waals surface area contributed by atoms with Gasteiger partial charge in [-0.25, -0.2) is 13.4 Å². The Morgan fingerprint density at radius 3 is 2.17 bits per heavy atom. The molecule has 0 aliphatic heterocycles. The fraction of sp³-hybridized carbons (Fsp3) is 0.429. The van der Waals surface area contributed by atoms with Gasteiger partial charge in [-0.15, -0.1) is 0 Å². The van der Waals surface area contributed by atoms with Crippen molar-refractivity contribution in [3.8, 4) is 0 Å². The molecule has 1 N–H and O–H groups in total. The van der Waals surface area contributed by atoms with Gasteiger partial charge in [-0.1, -0.05) is 19.9 Å². The molecule has 2 aromatic rings. The number of aryl methyl sites for hydroxylation is 1. The third-order valence-electron chi connectivity index (χ3n) is 4.87. The van der Waals surface area contributed by atoms with Gasteiger partial charge in [-0.3, -0.25) is 4.79 Å². The Bertz CT molecular complexity index is 935. The lowest BCUT2D eigenvalue weighted by molar-refractivity contribution is 0.102. The summed E-state index contributed by atoms with van der Waals surface area (Å²) in [6.07, 6.45) is 1.53. The molecule has 1 aromatic heterocycles. The summed E-state index contributed by atoms with van der Waals surface area (Å²) in [5.74, 6) is 0.480. The highest BCUT2D eigenvalue weighted by Gasteiger charge is 2.24. The molecule has 29 heavy (non-hydrogen) atoms. The van der Waals surface area contributed by atoms with Crippen LogP contribution in [0.25, 0.3) is 0 Å². The van der Waals surface area contributed by atoms with E-state index in [-0.39, 0.29) is 10.8 Å². The van der Waals surface area contributed by atoms with Gasteiger partial charge in [0, 0.05) is 38.1 Å².